The molecule has 0 spiro atoms. The van der Waals surface area contributed by atoms with Crippen LogP contribution in [0.15, 0.2) is 0 Å². The van der Waals surface area contributed by atoms with Gasteiger partial charge < -0.3 is 42.0 Å². The Labute approximate surface area is 330 Å². The highest BCUT2D eigenvalue weighted by Gasteiger charge is 2.42. The Morgan fingerprint density at radius 2 is 1.24 bits per heavy atom. The Hall–Kier alpha value is -2.69. The number of unbranched alkanes of at least 4 members (excludes halogenated alkanes) is 19. The van der Waals surface area contributed by atoms with Gasteiger partial charge in [-0.25, -0.2) is 5.48 Å². The fourth-order valence-electron chi connectivity index (χ4n) is 6.64. The number of hydrogen-bond acceptors (Lipinski definition) is 11. The Morgan fingerprint density at radius 3 is 1.75 bits per heavy atom. The lowest BCUT2D eigenvalue weighted by Crippen LogP contribution is -2.58. The van der Waals surface area contributed by atoms with Crippen LogP contribution in [-0.2, 0) is 33.5 Å². The predicted octanol–water partition coefficient (Wildman–Crippen LogP) is 3.41. The molecule has 15 heteroatoms. The zero-order valence-corrected chi connectivity index (χ0v) is 34.0. The minimum atomic E-state index is -1.50. The highest BCUT2D eigenvalue weighted by Crippen LogP contribution is 2.26. The molecule has 320 valence electrons. The van der Waals surface area contributed by atoms with Crippen molar-refractivity contribution >= 4 is 29.4 Å². The van der Waals surface area contributed by atoms with Gasteiger partial charge in [-0.1, -0.05) is 136 Å². The monoisotopic (exact) mass is 785 g/mol. The molecule has 0 radical (unpaired) electrons. The molecule has 5 atom stereocenters. The molecule has 1 rings (SSSR count). The first-order valence-corrected chi connectivity index (χ1v) is 21.3. The molecule has 0 aromatic heterocycles. The molecule has 1 aliphatic heterocycles. The first-order chi connectivity index (χ1) is 26.6. The van der Waals surface area contributed by atoms with Gasteiger partial charge in [0, 0.05) is 19.4 Å². The summed E-state index contributed by atoms with van der Waals surface area (Å²) < 4.78 is 6.07. The number of nitrogens with zero attached hydrogens (tertiary/aromatic N) is 1. The minimum absolute atomic E-state index is 0.0463. The summed E-state index contributed by atoms with van der Waals surface area (Å²) in [6, 6.07) is -1.50. The fraction of sp³-hybridized carbons (Fsp3) is 0.875. The van der Waals surface area contributed by atoms with Gasteiger partial charge in [-0.15, -0.1) is 0 Å². The van der Waals surface area contributed by atoms with Gasteiger partial charge in [0.1, 0.15) is 30.6 Å². The summed E-state index contributed by atoms with van der Waals surface area (Å²) in [6.45, 7) is 2.93. The molecule has 55 heavy (non-hydrogen) atoms. The molecule has 0 aromatic carbocycles. The number of carbonyl (C=O) groups excluding carboxylic acids is 5. The van der Waals surface area contributed by atoms with Crippen LogP contribution < -0.4 is 27.6 Å². The van der Waals surface area contributed by atoms with E-state index in [9.17, 15) is 34.2 Å². The second-order valence-electron chi connectivity index (χ2n) is 14.9. The summed E-state index contributed by atoms with van der Waals surface area (Å²) in [6.07, 6.45) is 20.9. The average molecular weight is 785 g/mol. The standard InChI is InChI=1S/C40H76N6O9/c1-3-5-7-9-11-13-14-15-17-19-21-23-25-46(36(51)24-22-20-18-16-12-10-8-6-4-2)37-26-32(39(52)33(30-47)54-37)55-45-35(50)29-43-34(49)28-44-40(53)38(42)31(48)27-41/h32-33,37-39,47,52H,3-30,41-42H2,1-2H3,(H,43,49)(H,44,53)(H,45,50)/t32-,33+,37+,38?,39+/m0/s1. The molecule has 0 aliphatic carbocycles. The number of hydroxylamine groups is 1. The molecular formula is C40H76N6O9. The summed E-state index contributed by atoms with van der Waals surface area (Å²) in [7, 11) is 0. The van der Waals surface area contributed by atoms with E-state index >= 15 is 0 Å². The van der Waals surface area contributed by atoms with E-state index in [1.54, 1.807) is 4.90 Å². The lowest BCUT2D eigenvalue weighted by molar-refractivity contribution is -0.237. The van der Waals surface area contributed by atoms with E-state index in [2.05, 4.69) is 30.0 Å². The molecular weight excluding hydrogens is 708 g/mol. The van der Waals surface area contributed by atoms with Crippen molar-refractivity contribution in [2.75, 3.05) is 32.8 Å². The predicted molar refractivity (Wildman–Crippen MR) is 212 cm³/mol. The van der Waals surface area contributed by atoms with Gasteiger partial charge in [0.15, 0.2) is 5.78 Å². The third-order valence-corrected chi connectivity index (χ3v) is 10.1. The number of nitrogens with one attached hydrogen (secondary N) is 3. The number of Topliss-reactive ketones (excluding diaryl/α,β-unsaturated/α-hetero) is 1. The fourth-order valence-corrected chi connectivity index (χ4v) is 6.64. The second-order valence-corrected chi connectivity index (χ2v) is 14.9. The van der Waals surface area contributed by atoms with Crippen LogP contribution in [0.3, 0.4) is 0 Å². The number of ketones is 1. The van der Waals surface area contributed by atoms with E-state index < -0.39 is 80.3 Å². The summed E-state index contributed by atoms with van der Waals surface area (Å²) in [4.78, 5) is 68.9. The molecule has 1 fully saturated rings. The highest BCUT2D eigenvalue weighted by atomic mass is 16.7. The van der Waals surface area contributed by atoms with Crippen LogP contribution in [0.5, 0.6) is 0 Å². The Kier molecular flexibility index (Phi) is 29.6. The van der Waals surface area contributed by atoms with Crippen LogP contribution in [0.25, 0.3) is 0 Å². The Balaban J connectivity index is 2.70. The molecule has 1 unspecified atom stereocenters. The van der Waals surface area contributed by atoms with Crippen LogP contribution in [0.1, 0.15) is 162 Å². The van der Waals surface area contributed by atoms with Crippen LogP contribution >= 0.6 is 0 Å². The van der Waals surface area contributed by atoms with Crippen LogP contribution in [-0.4, -0.2) is 108 Å². The Morgan fingerprint density at radius 1 is 0.745 bits per heavy atom. The molecule has 4 amide bonds. The van der Waals surface area contributed by atoms with Gasteiger partial charge in [-0.05, 0) is 12.8 Å². The molecule has 9 N–H and O–H groups in total. The highest BCUT2D eigenvalue weighted by molar-refractivity contribution is 6.06. The van der Waals surface area contributed by atoms with Gasteiger partial charge in [0.25, 0.3) is 5.91 Å². The number of carbonyl (C=O) groups is 5. The lowest BCUT2D eigenvalue weighted by atomic mass is 9.99. The van der Waals surface area contributed by atoms with E-state index in [0.717, 1.165) is 44.9 Å². The van der Waals surface area contributed by atoms with E-state index in [1.165, 1.54) is 89.9 Å². The van der Waals surface area contributed by atoms with E-state index in [0.29, 0.717) is 13.0 Å². The zero-order valence-electron chi connectivity index (χ0n) is 34.0. The normalized spacial score (nSPS) is 18.7. The van der Waals surface area contributed by atoms with Gasteiger partial charge in [-0.2, -0.15) is 0 Å². The van der Waals surface area contributed by atoms with Crippen molar-refractivity contribution < 1.29 is 43.8 Å². The van der Waals surface area contributed by atoms with E-state index in [4.69, 9.17) is 21.0 Å². The average Bonchev–Trinajstić information content (AvgIpc) is 3.19. The minimum Gasteiger partial charge on any atom is -0.394 e. The first-order valence-electron chi connectivity index (χ1n) is 21.3. The van der Waals surface area contributed by atoms with Crippen molar-refractivity contribution in [2.45, 2.75) is 192 Å². The molecule has 15 nitrogen and oxygen atoms in total. The number of amides is 4. The third-order valence-electron chi connectivity index (χ3n) is 10.1. The van der Waals surface area contributed by atoms with Crippen molar-refractivity contribution in [1.29, 1.82) is 0 Å². The smallest absolute Gasteiger partial charge is 0.262 e. The van der Waals surface area contributed by atoms with E-state index in [-0.39, 0.29) is 12.3 Å². The van der Waals surface area contributed by atoms with Crippen molar-refractivity contribution in [2.24, 2.45) is 11.5 Å². The van der Waals surface area contributed by atoms with Crippen molar-refractivity contribution in [3.8, 4) is 0 Å². The molecule has 1 heterocycles. The third kappa shape index (κ3) is 23.2. The number of rotatable bonds is 34. The molecule has 1 aliphatic rings. The zero-order chi connectivity index (χ0) is 40.7. The van der Waals surface area contributed by atoms with Crippen LogP contribution in [0.4, 0.5) is 0 Å². The summed E-state index contributed by atoms with van der Waals surface area (Å²) in [5.74, 6) is -3.08. The maximum atomic E-state index is 13.7. The van der Waals surface area contributed by atoms with Crippen molar-refractivity contribution in [1.82, 2.24) is 21.0 Å². The first kappa shape index (κ1) is 50.3. The van der Waals surface area contributed by atoms with Gasteiger partial charge in [-0.3, -0.25) is 28.8 Å². The van der Waals surface area contributed by atoms with E-state index in [1.807, 2.05) is 0 Å². The van der Waals surface area contributed by atoms with Gasteiger partial charge >= 0.3 is 0 Å². The molecule has 0 aromatic rings. The second kappa shape index (κ2) is 32.4. The van der Waals surface area contributed by atoms with Crippen LogP contribution in [0.2, 0.25) is 0 Å². The summed E-state index contributed by atoms with van der Waals surface area (Å²) >= 11 is 0. The quantitative estimate of drug-likeness (QED) is 0.0284. The maximum Gasteiger partial charge on any atom is 0.262 e. The lowest BCUT2D eigenvalue weighted by Gasteiger charge is -2.42. The number of nitrogens with two attached hydrogens (primary N) is 2. The number of aliphatic hydroxyl groups excluding tert-OH is 2. The largest absolute Gasteiger partial charge is 0.394 e. The Bertz CT molecular complexity index is 1070. The molecule has 1 saturated heterocycles. The molecule has 0 saturated carbocycles. The summed E-state index contributed by atoms with van der Waals surface area (Å²) in [5.41, 5.74) is 12.9. The maximum absolute atomic E-state index is 13.7. The van der Waals surface area contributed by atoms with Gasteiger partial charge in [0.05, 0.1) is 26.2 Å². The van der Waals surface area contributed by atoms with Gasteiger partial charge in [0.2, 0.25) is 17.7 Å². The number of ether oxygens (including phenoxy) is 1. The topological polar surface area (TPSA) is 236 Å². The SMILES string of the molecule is CCCCCCCCCCCCCCN(C(=O)CCCCCCCCCCC)[C@H]1C[C@H](ONC(=O)CNC(=O)CNC(=O)C(N)C(=O)CN)[C@@H](O)[C@@H](CO)O1. The van der Waals surface area contributed by atoms with Crippen molar-refractivity contribution in [3.05, 3.63) is 0 Å². The molecule has 0 bridgehead atoms. The number of hydrogen-bond donors (Lipinski definition) is 7. The number of aliphatic hydroxyl groups is 2. The van der Waals surface area contributed by atoms with Crippen molar-refractivity contribution in [3.63, 3.8) is 0 Å². The van der Waals surface area contributed by atoms with Crippen LogP contribution in [0, 0.1) is 0 Å². The summed E-state index contributed by atoms with van der Waals surface area (Å²) in [5, 5.41) is 25.4.